The van der Waals surface area contributed by atoms with Crippen molar-refractivity contribution in [3.05, 3.63) is 71.4 Å². The second kappa shape index (κ2) is 9.32. The summed E-state index contributed by atoms with van der Waals surface area (Å²) in [4.78, 5) is 26.8. The molecule has 11 heteroatoms. The number of halogens is 4. The highest BCUT2D eigenvalue weighted by molar-refractivity contribution is 5.97. The van der Waals surface area contributed by atoms with E-state index < -0.39 is 18.3 Å². The fourth-order valence-electron chi connectivity index (χ4n) is 5.59. The van der Waals surface area contributed by atoms with Crippen LogP contribution in [0.5, 0.6) is 0 Å². The zero-order valence-corrected chi connectivity index (χ0v) is 20.2. The number of benzene rings is 2. The van der Waals surface area contributed by atoms with Crippen molar-refractivity contribution < 1.29 is 27.5 Å². The molecule has 1 amide bonds. The number of likely N-dealkylation sites (tertiary alicyclic amines) is 2. The first-order chi connectivity index (χ1) is 18.2. The molecule has 2 fully saturated rings. The van der Waals surface area contributed by atoms with Gasteiger partial charge in [0, 0.05) is 30.2 Å². The van der Waals surface area contributed by atoms with Gasteiger partial charge in [0.15, 0.2) is 6.04 Å². The average Bonchev–Trinajstić information content (AvgIpc) is 3.28. The first-order valence-electron chi connectivity index (χ1n) is 12.5. The lowest BCUT2D eigenvalue weighted by molar-refractivity contribution is -0.191. The molecule has 6 rings (SSSR count). The quantitative estimate of drug-likeness (QED) is 0.381. The van der Waals surface area contributed by atoms with Gasteiger partial charge in [0.1, 0.15) is 11.6 Å². The molecule has 0 aliphatic carbocycles. The molecule has 4 heterocycles. The fourth-order valence-corrected chi connectivity index (χ4v) is 5.59. The lowest BCUT2D eigenvalue weighted by Crippen LogP contribution is -2.53. The second-order valence-electron chi connectivity index (χ2n) is 10.0. The largest absolute Gasteiger partial charge is 0.411 e. The van der Waals surface area contributed by atoms with Crippen molar-refractivity contribution in [3.63, 3.8) is 0 Å². The Morgan fingerprint density at radius 1 is 1.05 bits per heavy atom. The number of carbonyl (C=O) groups is 1. The third kappa shape index (κ3) is 4.49. The first-order valence-corrected chi connectivity index (χ1v) is 12.5. The molecular weight excluding hydrogens is 502 g/mol. The molecule has 2 aromatic heterocycles. The third-order valence-electron chi connectivity index (χ3n) is 7.54. The third-order valence-corrected chi connectivity index (χ3v) is 7.54. The molecule has 2 aliphatic heterocycles. The molecule has 2 N–H and O–H groups in total. The molecule has 0 spiro atoms. The Morgan fingerprint density at radius 3 is 2.50 bits per heavy atom. The van der Waals surface area contributed by atoms with Gasteiger partial charge >= 0.3 is 6.18 Å². The highest BCUT2D eigenvalue weighted by Crippen LogP contribution is 2.41. The minimum absolute atomic E-state index is 0.0169. The topological polar surface area (TPSA) is 85.4 Å². The first kappa shape index (κ1) is 24.7. The van der Waals surface area contributed by atoms with Crippen LogP contribution in [0.2, 0.25) is 0 Å². The van der Waals surface area contributed by atoms with E-state index >= 15 is 0 Å². The Bertz CT molecular complexity index is 1510. The van der Waals surface area contributed by atoms with Crippen LogP contribution >= 0.6 is 0 Å². The summed E-state index contributed by atoms with van der Waals surface area (Å²) >= 11 is 0. The van der Waals surface area contributed by atoms with Gasteiger partial charge in [-0.2, -0.15) is 13.2 Å². The van der Waals surface area contributed by atoms with E-state index in [1.807, 2.05) is 6.07 Å². The predicted molar refractivity (Wildman–Crippen MR) is 132 cm³/mol. The Labute approximate surface area is 215 Å². The van der Waals surface area contributed by atoms with Crippen molar-refractivity contribution in [2.24, 2.45) is 0 Å². The van der Waals surface area contributed by atoms with Crippen molar-refractivity contribution in [3.8, 4) is 0 Å². The highest BCUT2D eigenvalue weighted by Gasteiger charge is 2.47. The van der Waals surface area contributed by atoms with Crippen molar-refractivity contribution in [2.45, 2.75) is 37.1 Å². The Balaban J connectivity index is 1.24. The molecule has 0 unspecified atom stereocenters. The molecule has 2 aromatic carbocycles. The number of imidazole rings is 1. The molecule has 1 atom stereocenters. The highest BCUT2D eigenvalue weighted by atomic mass is 19.4. The van der Waals surface area contributed by atoms with Gasteiger partial charge in [-0.3, -0.25) is 14.7 Å². The van der Waals surface area contributed by atoms with Gasteiger partial charge < -0.3 is 15.0 Å². The van der Waals surface area contributed by atoms with Crippen molar-refractivity contribution in [1.29, 1.82) is 0 Å². The smallest absolute Gasteiger partial charge is 0.389 e. The van der Waals surface area contributed by atoms with Crippen LogP contribution in [0, 0.1) is 5.82 Å². The van der Waals surface area contributed by atoms with E-state index in [9.17, 15) is 27.5 Å². The maximum atomic E-state index is 14.4. The van der Waals surface area contributed by atoms with E-state index in [1.165, 1.54) is 40.1 Å². The Hall–Kier alpha value is -3.57. The summed E-state index contributed by atoms with van der Waals surface area (Å²) in [7, 11) is 0. The van der Waals surface area contributed by atoms with Crippen molar-refractivity contribution in [1.82, 2.24) is 24.8 Å². The number of fused-ring (bicyclic) bond motifs is 2. The maximum Gasteiger partial charge on any atom is 0.411 e. The van der Waals surface area contributed by atoms with Crippen LogP contribution in [0.25, 0.3) is 21.9 Å². The number of amides is 1. The molecule has 38 heavy (non-hydrogen) atoms. The zero-order chi connectivity index (χ0) is 26.6. The summed E-state index contributed by atoms with van der Waals surface area (Å²) in [5, 5.41) is 10.1. The normalized spacial score (nSPS) is 18.7. The van der Waals surface area contributed by atoms with Gasteiger partial charge in [-0.05, 0) is 79.9 Å². The lowest BCUT2D eigenvalue weighted by atomic mass is 9.87. The van der Waals surface area contributed by atoms with Gasteiger partial charge in [0.25, 0.3) is 5.91 Å². The van der Waals surface area contributed by atoms with Crippen molar-refractivity contribution >= 4 is 27.8 Å². The molecule has 4 aromatic rings. The molecule has 2 saturated heterocycles. The predicted octanol–water partition coefficient (Wildman–Crippen LogP) is 4.55. The number of pyridine rings is 1. The number of hydrogen-bond acceptors (Lipinski definition) is 5. The Kier molecular flexibility index (Phi) is 6.07. The molecule has 0 bridgehead atoms. The van der Waals surface area contributed by atoms with E-state index in [-0.39, 0.29) is 49.6 Å². The van der Waals surface area contributed by atoms with E-state index in [0.717, 1.165) is 5.56 Å². The summed E-state index contributed by atoms with van der Waals surface area (Å²) < 4.78 is 57.0. The van der Waals surface area contributed by atoms with Crippen LogP contribution in [0.1, 0.15) is 46.5 Å². The number of aliphatic hydroxyl groups excluding tert-OH is 1. The van der Waals surface area contributed by atoms with Crippen LogP contribution in [0.3, 0.4) is 0 Å². The van der Waals surface area contributed by atoms with E-state index in [1.54, 1.807) is 12.3 Å². The van der Waals surface area contributed by atoms with Crippen LogP contribution in [0.4, 0.5) is 17.6 Å². The summed E-state index contributed by atoms with van der Waals surface area (Å²) in [6.45, 7) is 0.848. The zero-order valence-electron chi connectivity index (χ0n) is 20.2. The van der Waals surface area contributed by atoms with E-state index in [0.29, 0.717) is 40.3 Å². The SMILES string of the molecule is O=C(c1ccc2nc([C@H](N3CCC(c4ccnc5ccc(F)cc45)CC3)C(F)(F)F)[nH]c2c1)N1CC(O)C1. The number of piperidine rings is 1. The number of β-amino-alcohol motifs (C(OH)–C–C–N with tert-alkyl or cyclic N) is 1. The standard InChI is InChI=1S/C27H25F4N5O2/c28-17-2-4-21-20(12-17)19(5-8-32-21)15-6-9-35(10-7-15)24(27(29,30)31)25-33-22-3-1-16(11-23(22)34-25)26(38)36-13-18(37)14-36/h1-5,8,11-12,15,18,24,37H,6-7,9-10,13-14H2,(H,33,34)/t24-/m0/s1. The molecule has 198 valence electrons. The average molecular weight is 528 g/mol. The molecule has 0 radical (unpaired) electrons. The van der Waals surface area contributed by atoms with Gasteiger partial charge in [0.2, 0.25) is 0 Å². The number of H-pyrrole nitrogens is 1. The van der Waals surface area contributed by atoms with E-state index in [2.05, 4.69) is 15.0 Å². The lowest BCUT2D eigenvalue weighted by Gasteiger charge is -2.37. The van der Waals surface area contributed by atoms with Crippen molar-refractivity contribution in [2.75, 3.05) is 26.2 Å². The number of carbonyl (C=O) groups excluding carboxylic acids is 1. The van der Waals surface area contributed by atoms with Crippen LogP contribution in [-0.4, -0.2) is 74.2 Å². The summed E-state index contributed by atoms with van der Waals surface area (Å²) in [6.07, 6.45) is -2.51. The molecular formula is C27H25F4N5O2. The second-order valence-corrected chi connectivity index (χ2v) is 10.0. The van der Waals surface area contributed by atoms with Crippen LogP contribution < -0.4 is 0 Å². The Morgan fingerprint density at radius 2 is 1.79 bits per heavy atom. The van der Waals surface area contributed by atoms with E-state index in [4.69, 9.17) is 0 Å². The minimum atomic E-state index is -4.57. The summed E-state index contributed by atoms with van der Waals surface area (Å²) in [5.74, 6) is -0.895. The number of alkyl halides is 3. The number of nitrogens with zero attached hydrogens (tertiary/aromatic N) is 4. The summed E-state index contributed by atoms with van der Waals surface area (Å²) in [6, 6.07) is 8.86. The number of hydrogen-bond donors (Lipinski definition) is 2. The minimum Gasteiger partial charge on any atom is -0.389 e. The number of aromatic amines is 1. The summed E-state index contributed by atoms with van der Waals surface area (Å²) in [5.41, 5.74) is 2.57. The number of aliphatic hydroxyl groups is 1. The number of nitrogens with one attached hydrogen (secondary N) is 1. The molecule has 2 aliphatic rings. The molecule has 0 saturated carbocycles. The monoisotopic (exact) mass is 527 g/mol. The van der Waals surface area contributed by atoms with Gasteiger partial charge in [0.05, 0.1) is 22.7 Å². The van der Waals surface area contributed by atoms with Gasteiger partial charge in [-0.15, -0.1) is 0 Å². The van der Waals surface area contributed by atoms with Crippen LogP contribution in [-0.2, 0) is 0 Å². The van der Waals surface area contributed by atoms with Gasteiger partial charge in [-0.25, -0.2) is 9.37 Å². The number of rotatable bonds is 4. The van der Waals surface area contributed by atoms with Gasteiger partial charge in [-0.1, -0.05) is 0 Å². The van der Waals surface area contributed by atoms with Crippen LogP contribution in [0.15, 0.2) is 48.7 Å². The number of aromatic nitrogens is 3. The maximum absolute atomic E-state index is 14.4. The fraction of sp³-hybridized carbons (Fsp3) is 0.370. The molecule has 7 nitrogen and oxygen atoms in total.